The molecule has 0 atom stereocenters. The third-order valence-corrected chi connectivity index (χ3v) is 2.34. The van der Waals surface area contributed by atoms with Gasteiger partial charge in [-0.25, -0.2) is 0 Å². The quantitative estimate of drug-likeness (QED) is 0.388. The highest BCUT2D eigenvalue weighted by atomic mass is 16.2. The molecule has 4 nitrogen and oxygen atoms in total. The van der Waals surface area contributed by atoms with E-state index in [1.165, 1.54) is 0 Å². The van der Waals surface area contributed by atoms with Gasteiger partial charge >= 0.3 is 0 Å². The van der Waals surface area contributed by atoms with Crippen molar-refractivity contribution in [3.63, 3.8) is 0 Å². The number of nitrogens with one attached hydrogen (secondary N) is 2. The van der Waals surface area contributed by atoms with E-state index in [0.717, 1.165) is 6.54 Å². The molecule has 0 aliphatic heterocycles. The fourth-order valence-corrected chi connectivity index (χ4v) is 1.18. The molecule has 0 rings (SSSR count). The predicted octanol–water partition coefficient (Wildman–Crippen LogP) is 1.29. The number of likely N-dealkylation sites (N-methyl/N-ethyl adjacent to an activating group) is 1. The molecule has 0 aromatic heterocycles. The summed E-state index contributed by atoms with van der Waals surface area (Å²) in [7, 11) is 3.93. The van der Waals surface area contributed by atoms with Crippen molar-refractivity contribution >= 4 is 5.91 Å². The Labute approximate surface area is 110 Å². The molecule has 0 aliphatic rings. The Bertz CT molecular complexity index is 330. The molecule has 18 heavy (non-hydrogen) atoms. The average Bonchev–Trinajstić information content (AvgIpc) is 2.27. The lowest BCUT2D eigenvalue weighted by atomic mass is 10.1. The molecule has 1 amide bonds. The van der Waals surface area contributed by atoms with E-state index in [1.807, 2.05) is 32.8 Å². The maximum atomic E-state index is 12.0. The van der Waals surface area contributed by atoms with E-state index in [0.29, 0.717) is 12.2 Å². The van der Waals surface area contributed by atoms with Gasteiger partial charge in [0.05, 0.1) is 0 Å². The average molecular weight is 251 g/mol. The van der Waals surface area contributed by atoms with Crippen LogP contribution in [0.1, 0.15) is 13.8 Å². The van der Waals surface area contributed by atoms with Crippen LogP contribution in [-0.4, -0.2) is 43.5 Å². The zero-order valence-electron chi connectivity index (χ0n) is 11.9. The van der Waals surface area contributed by atoms with Gasteiger partial charge in [-0.3, -0.25) is 4.79 Å². The molecule has 0 heterocycles. The summed E-state index contributed by atoms with van der Waals surface area (Å²) in [6, 6.07) is 0. The van der Waals surface area contributed by atoms with Crippen LogP contribution in [0.2, 0.25) is 0 Å². The zero-order chi connectivity index (χ0) is 14.2. The number of nitrogens with zero attached hydrogens (tertiary/aromatic N) is 1. The Balaban J connectivity index is 4.52. The third kappa shape index (κ3) is 6.91. The largest absolute Gasteiger partial charge is 0.372 e. The Morgan fingerprint density at radius 1 is 1.33 bits per heavy atom. The molecule has 2 N–H and O–H groups in total. The molecule has 0 saturated heterocycles. The Morgan fingerprint density at radius 3 is 2.39 bits per heavy atom. The molecule has 0 radical (unpaired) electrons. The van der Waals surface area contributed by atoms with E-state index in [4.69, 9.17) is 0 Å². The molecule has 4 heteroatoms. The van der Waals surface area contributed by atoms with Crippen molar-refractivity contribution in [2.24, 2.45) is 0 Å². The molecule has 102 valence electrons. The maximum absolute atomic E-state index is 12.0. The van der Waals surface area contributed by atoms with Gasteiger partial charge in [-0.2, -0.15) is 0 Å². The Kier molecular flexibility index (Phi) is 7.05. The van der Waals surface area contributed by atoms with Crippen LogP contribution in [0.4, 0.5) is 0 Å². The second-order valence-corrected chi connectivity index (χ2v) is 4.93. The van der Waals surface area contributed by atoms with E-state index >= 15 is 0 Å². The highest BCUT2D eigenvalue weighted by Crippen LogP contribution is 2.06. The number of rotatable bonds is 8. The van der Waals surface area contributed by atoms with Crippen LogP contribution in [0.15, 0.2) is 37.1 Å². The van der Waals surface area contributed by atoms with Crippen LogP contribution in [0, 0.1) is 0 Å². The van der Waals surface area contributed by atoms with E-state index in [9.17, 15) is 4.79 Å². The van der Waals surface area contributed by atoms with Crippen LogP contribution in [0.25, 0.3) is 0 Å². The molecule has 0 fully saturated rings. The van der Waals surface area contributed by atoms with Crippen LogP contribution < -0.4 is 10.6 Å². The number of hydrogen-bond donors (Lipinski definition) is 2. The predicted molar refractivity (Wildman–Crippen MR) is 77.3 cm³/mol. The SMILES string of the molecule is C=C/C=C(\NC(C)(C)C=C)C(=O)NCCN(C)C. The summed E-state index contributed by atoms with van der Waals surface area (Å²) in [4.78, 5) is 14.0. The lowest BCUT2D eigenvalue weighted by Crippen LogP contribution is -2.43. The number of carbonyl (C=O) groups is 1. The van der Waals surface area contributed by atoms with Gasteiger partial charge in [-0.05, 0) is 34.0 Å². The molecular formula is C14H25N3O. The summed E-state index contributed by atoms with van der Waals surface area (Å²) in [5.41, 5.74) is 0.155. The first-order chi connectivity index (χ1) is 8.32. The molecule has 0 bridgehead atoms. The summed E-state index contributed by atoms with van der Waals surface area (Å²) in [5, 5.41) is 5.98. The van der Waals surface area contributed by atoms with Crippen molar-refractivity contribution in [1.82, 2.24) is 15.5 Å². The second-order valence-electron chi connectivity index (χ2n) is 4.93. The molecule has 0 aliphatic carbocycles. The van der Waals surface area contributed by atoms with E-state index < -0.39 is 0 Å². The number of amides is 1. The van der Waals surface area contributed by atoms with Gasteiger partial charge in [0, 0.05) is 18.6 Å². The fourth-order valence-electron chi connectivity index (χ4n) is 1.18. The van der Waals surface area contributed by atoms with Crippen molar-refractivity contribution in [2.75, 3.05) is 27.2 Å². The van der Waals surface area contributed by atoms with Crippen LogP contribution in [0.5, 0.6) is 0 Å². The first kappa shape index (κ1) is 16.4. The number of hydrogen-bond acceptors (Lipinski definition) is 3. The van der Waals surface area contributed by atoms with Gasteiger partial charge in [0.25, 0.3) is 5.91 Å². The summed E-state index contributed by atoms with van der Waals surface area (Å²) in [6.45, 7) is 12.7. The summed E-state index contributed by atoms with van der Waals surface area (Å²) >= 11 is 0. The molecule has 0 saturated carbocycles. The summed E-state index contributed by atoms with van der Waals surface area (Å²) in [5.74, 6) is -0.133. The lowest BCUT2D eigenvalue weighted by molar-refractivity contribution is -0.118. The minimum Gasteiger partial charge on any atom is -0.372 e. The van der Waals surface area contributed by atoms with Gasteiger partial charge in [0.2, 0.25) is 0 Å². The van der Waals surface area contributed by atoms with Crippen LogP contribution >= 0.6 is 0 Å². The zero-order valence-corrected chi connectivity index (χ0v) is 11.9. The first-order valence-electron chi connectivity index (χ1n) is 6.00. The van der Waals surface area contributed by atoms with Crippen molar-refractivity contribution in [2.45, 2.75) is 19.4 Å². The highest BCUT2D eigenvalue weighted by molar-refractivity contribution is 5.93. The molecule has 0 aromatic rings. The Morgan fingerprint density at radius 2 is 1.94 bits per heavy atom. The minimum absolute atomic E-state index is 0.133. The molecular weight excluding hydrogens is 226 g/mol. The summed E-state index contributed by atoms with van der Waals surface area (Å²) in [6.07, 6.45) is 5.01. The van der Waals surface area contributed by atoms with Crippen LogP contribution in [-0.2, 0) is 4.79 Å². The highest BCUT2D eigenvalue weighted by Gasteiger charge is 2.17. The van der Waals surface area contributed by atoms with E-state index in [-0.39, 0.29) is 11.4 Å². The standard InChI is InChI=1S/C14H25N3O/c1-7-9-12(16-14(3,4)8-2)13(18)15-10-11-17(5)6/h7-9,16H,1-2,10-11H2,3-6H3,(H,15,18)/b12-9-. The van der Waals surface area contributed by atoms with Gasteiger partial charge in [0.1, 0.15) is 5.70 Å². The molecule has 0 spiro atoms. The first-order valence-corrected chi connectivity index (χ1v) is 6.00. The minimum atomic E-state index is -0.340. The number of carbonyl (C=O) groups excluding carboxylic acids is 1. The monoisotopic (exact) mass is 251 g/mol. The smallest absolute Gasteiger partial charge is 0.267 e. The normalized spacial score (nSPS) is 12.2. The van der Waals surface area contributed by atoms with Crippen molar-refractivity contribution in [1.29, 1.82) is 0 Å². The molecule has 0 aromatic carbocycles. The van der Waals surface area contributed by atoms with Gasteiger partial charge in [-0.15, -0.1) is 6.58 Å². The fraction of sp³-hybridized carbons (Fsp3) is 0.500. The Hall–Kier alpha value is -1.55. The van der Waals surface area contributed by atoms with Crippen molar-refractivity contribution in [3.8, 4) is 0 Å². The topological polar surface area (TPSA) is 44.4 Å². The van der Waals surface area contributed by atoms with Crippen molar-refractivity contribution < 1.29 is 4.79 Å². The van der Waals surface area contributed by atoms with Gasteiger partial charge in [0.15, 0.2) is 0 Å². The van der Waals surface area contributed by atoms with Gasteiger partial charge in [-0.1, -0.05) is 18.7 Å². The lowest BCUT2D eigenvalue weighted by Gasteiger charge is -2.25. The molecule has 0 unspecified atom stereocenters. The van der Waals surface area contributed by atoms with E-state index in [1.54, 1.807) is 18.2 Å². The maximum Gasteiger partial charge on any atom is 0.267 e. The second kappa shape index (κ2) is 7.71. The number of allylic oxidation sites excluding steroid dienone is 2. The van der Waals surface area contributed by atoms with Gasteiger partial charge < -0.3 is 15.5 Å². The summed E-state index contributed by atoms with van der Waals surface area (Å²) < 4.78 is 0. The van der Waals surface area contributed by atoms with E-state index in [2.05, 4.69) is 23.8 Å². The van der Waals surface area contributed by atoms with Crippen LogP contribution in [0.3, 0.4) is 0 Å². The van der Waals surface area contributed by atoms with Crippen molar-refractivity contribution in [3.05, 3.63) is 37.1 Å². The third-order valence-electron chi connectivity index (χ3n) is 2.34.